The predicted molar refractivity (Wildman–Crippen MR) is 102 cm³/mol. The van der Waals surface area contributed by atoms with Crippen molar-refractivity contribution in [2.45, 2.75) is 19.9 Å². The van der Waals surface area contributed by atoms with E-state index >= 15 is 0 Å². The van der Waals surface area contributed by atoms with Crippen molar-refractivity contribution in [1.29, 1.82) is 0 Å². The van der Waals surface area contributed by atoms with Gasteiger partial charge >= 0.3 is 0 Å². The van der Waals surface area contributed by atoms with Crippen LogP contribution in [0.4, 0.5) is 5.69 Å². The molecule has 118 valence electrons. The fraction of sp³-hybridized carbons (Fsp3) is 0.130. The summed E-state index contributed by atoms with van der Waals surface area (Å²) in [5.41, 5.74) is 5.81. The highest BCUT2D eigenvalue weighted by Gasteiger charge is 2.09. The van der Waals surface area contributed by atoms with Crippen LogP contribution in [0.25, 0.3) is 0 Å². The molecule has 3 aromatic carbocycles. The first-order valence-electron chi connectivity index (χ1n) is 8.17. The molecule has 3 rings (SSSR count). The van der Waals surface area contributed by atoms with E-state index in [2.05, 4.69) is 61.3 Å². The Labute approximate surface area is 144 Å². The smallest absolute Gasteiger partial charge is 0.114 e. The maximum absolute atomic E-state index is 3.55. The first-order valence-corrected chi connectivity index (χ1v) is 8.17. The molecule has 0 aromatic heterocycles. The van der Waals surface area contributed by atoms with Gasteiger partial charge in [0, 0.05) is 11.3 Å². The minimum Gasteiger partial charge on any atom is -0.368 e. The standard InChI is InChI=1S/C23H21N/c1-18-15-19(2)17-21(16-18)23(24-22-11-7-4-8-12-22)14-13-20-9-5-3-6-10-20/h3-12,15-17,23-24H,1-2H3. The Bertz CT molecular complexity index is 835. The van der Waals surface area contributed by atoms with E-state index in [0.717, 1.165) is 11.3 Å². The minimum absolute atomic E-state index is 0.0498. The zero-order chi connectivity index (χ0) is 16.8. The maximum atomic E-state index is 3.55. The van der Waals surface area contributed by atoms with Crippen LogP contribution in [-0.4, -0.2) is 0 Å². The summed E-state index contributed by atoms with van der Waals surface area (Å²) in [4.78, 5) is 0. The monoisotopic (exact) mass is 311 g/mol. The summed E-state index contributed by atoms with van der Waals surface area (Å²) in [5.74, 6) is 6.68. The van der Waals surface area contributed by atoms with Crippen LogP contribution in [0.15, 0.2) is 78.9 Å². The number of benzene rings is 3. The lowest BCUT2D eigenvalue weighted by atomic mass is 10.0. The number of rotatable bonds is 3. The van der Waals surface area contributed by atoms with E-state index in [4.69, 9.17) is 0 Å². The topological polar surface area (TPSA) is 12.0 Å². The van der Waals surface area contributed by atoms with Gasteiger partial charge in [-0.3, -0.25) is 0 Å². The summed E-state index contributed by atoms with van der Waals surface area (Å²) in [6.45, 7) is 4.25. The Morgan fingerprint density at radius 3 is 1.96 bits per heavy atom. The molecule has 24 heavy (non-hydrogen) atoms. The second-order valence-electron chi connectivity index (χ2n) is 6.00. The van der Waals surface area contributed by atoms with Crippen molar-refractivity contribution in [2.24, 2.45) is 0 Å². The zero-order valence-electron chi connectivity index (χ0n) is 14.1. The van der Waals surface area contributed by atoms with Gasteiger partial charge < -0.3 is 5.32 Å². The molecule has 0 spiro atoms. The number of hydrogen-bond acceptors (Lipinski definition) is 1. The summed E-state index contributed by atoms with van der Waals surface area (Å²) < 4.78 is 0. The molecule has 0 heterocycles. The van der Waals surface area contributed by atoms with E-state index in [-0.39, 0.29) is 6.04 Å². The number of hydrogen-bond donors (Lipinski definition) is 1. The highest BCUT2D eigenvalue weighted by Crippen LogP contribution is 2.21. The van der Waals surface area contributed by atoms with Gasteiger partial charge in [-0.25, -0.2) is 0 Å². The van der Waals surface area contributed by atoms with Crippen LogP contribution >= 0.6 is 0 Å². The molecule has 1 atom stereocenters. The predicted octanol–water partition coefficient (Wildman–Crippen LogP) is 5.51. The van der Waals surface area contributed by atoms with Crippen LogP contribution in [0.3, 0.4) is 0 Å². The Balaban J connectivity index is 1.96. The summed E-state index contributed by atoms with van der Waals surface area (Å²) in [5, 5.41) is 3.55. The third kappa shape index (κ3) is 4.27. The highest BCUT2D eigenvalue weighted by atomic mass is 14.9. The second-order valence-corrected chi connectivity index (χ2v) is 6.00. The molecule has 0 aliphatic rings. The molecule has 1 N–H and O–H groups in total. The Morgan fingerprint density at radius 2 is 1.33 bits per heavy atom. The fourth-order valence-corrected chi connectivity index (χ4v) is 2.76. The van der Waals surface area contributed by atoms with Crippen molar-refractivity contribution in [1.82, 2.24) is 0 Å². The van der Waals surface area contributed by atoms with Gasteiger partial charge in [-0.1, -0.05) is 77.6 Å². The van der Waals surface area contributed by atoms with E-state index in [1.807, 2.05) is 48.5 Å². The van der Waals surface area contributed by atoms with Gasteiger partial charge in [0.1, 0.15) is 6.04 Å². The molecule has 0 saturated carbocycles. The van der Waals surface area contributed by atoms with Crippen LogP contribution in [0, 0.1) is 25.7 Å². The van der Waals surface area contributed by atoms with Gasteiger partial charge in [-0.2, -0.15) is 0 Å². The summed E-state index contributed by atoms with van der Waals surface area (Å²) in [6.07, 6.45) is 0. The quantitative estimate of drug-likeness (QED) is 0.629. The Kier molecular flexibility index (Phi) is 4.99. The van der Waals surface area contributed by atoms with Crippen molar-refractivity contribution >= 4 is 5.69 Å². The molecule has 3 aromatic rings. The minimum atomic E-state index is -0.0498. The first-order chi connectivity index (χ1) is 11.7. The number of para-hydroxylation sites is 1. The van der Waals surface area contributed by atoms with Gasteiger partial charge in [0.05, 0.1) is 0 Å². The lowest BCUT2D eigenvalue weighted by molar-refractivity contribution is 1.01. The second kappa shape index (κ2) is 7.53. The zero-order valence-corrected chi connectivity index (χ0v) is 14.1. The lowest BCUT2D eigenvalue weighted by Crippen LogP contribution is -2.09. The van der Waals surface area contributed by atoms with Gasteiger partial charge in [0.2, 0.25) is 0 Å². The fourth-order valence-electron chi connectivity index (χ4n) is 2.76. The maximum Gasteiger partial charge on any atom is 0.114 e. The van der Waals surface area contributed by atoms with Crippen LogP contribution < -0.4 is 5.32 Å². The van der Waals surface area contributed by atoms with Crippen molar-refractivity contribution in [3.05, 3.63) is 101 Å². The van der Waals surface area contributed by atoms with Gasteiger partial charge in [0.15, 0.2) is 0 Å². The molecule has 1 unspecified atom stereocenters. The highest BCUT2D eigenvalue weighted by molar-refractivity contribution is 5.50. The number of anilines is 1. The van der Waals surface area contributed by atoms with Crippen molar-refractivity contribution in [2.75, 3.05) is 5.32 Å². The SMILES string of the molecule is Cc1cc(C)cc(C(C#Cc2ccccc2)Nc2ccccc2)c1. The molecular weight excluding hydrogens is 290 g/mol. The van der Waals surface area contributed by atoms with Crippen molar-refractivity contribution in [3.8, 4) is 11.8 Å². The van der Waals surface area contributed by atoms with Crippen molar-refractivity contribution in [3.63, 3.8) is 0 Å². The summed E-state index contributed by atoms with van der Waals surface area (Å²) in [6, 6.07) is 26.9. The number of aryl methyl sites for hydroxylation is 2. The molecule has 0 aliphatic heterocycles. The molecule has 0 fully saturated rings. The summed E-state index contributed by atoms with van der Waals surface area (Å²) >= 11 is 0. The average Bonchev–Trinajstić information content (AvgIpc) is 2.59. The van der Waals surface area contributed by atoms with Gasteiger partial charge in [0.25, 0.3) is 0 Å². The first kappa shape index (κ1) is 15.9. The van der Waals surface area contributed by atoms with Crippen LogP contribution in [0.1, 0.15) is 28.3 Å². The van der Waals surface area contributed by atoms with E-state index < -0.39 is 0 Å². The van der Waals surface area contributed by atoms with E-state index in [0.29, 0.717) is 0 Å². The van der Waals surface area contributed by atoms with Gasteiger partial charge in [-0.15, -0.1) is 0 Å². The Morgan fingerprint density at radius 1 is 0.750 bits per heavy atom. The van der Waals surface area contributed by atoms with E-state index in [1.54, 1.807) is 0 Å². The molecule has 0 bridgehead atoms. The third-order valence-corrected chi connectivity index (χ3v) is 3.80. The lowest BCUT2D eigenvalue weighted by Gasteiger charge is -2.16. The molecule has 0 amide bonds. The average molecular weight is 311 g/mol. The van der Waals surface area contributed by atoms with Crippen LogP contribution in [0.2, 0.25) is 0 Å². The molecule has 1 nitrogen and oxygen atoms in total. The molecular formula is C23H21N. The molecule has 1 heteroatoms. The molecule has 0 radical (unpaired) electrons. The third-order valence-electron chi connectivity index (χ3n) is 3.80. The Hall–Kier alpha value is -2.98. The summed E-state index contributed by atoms with van der Waals surface area (Å²) in [7, 11) is 0. The largest absolute Gasteiger partial charge is 0.368 e. The molecule has 0 aliphatic carbocycles. The van der Waals surface area contributed by atoms with E-state index in [1.165, 1.54) is 16.7 Å². The van der Waals surface area contributed by atoms with Gasteiger partial charge in [-0.05, 0) is 43.7 Å². The van der Waals surface area contributed by atoms with Crippen LogP contribution in [-0.2, 0) is 0 Å². The molecule has 0 saturated heterocycles. The van der Waals surface area contributed by atoms with E-state index in [9.17, 15) is 0 Å². The van der Waals surface area contributed by atoms with Crippen molar-refractivity contribution < 1.29 is 0 Å². The van der Waals surface area contributed by atoms with Crippen LogP contribution in [0.5, 0.6) is 0 Å². The normalized spacial score (nSPS) is 11.2. The number of nitrogens with one attached hydrogen (secondary N) is 1.